The average Bonchev–Trinajstić information content (AvgIpc) is 3.51. The Hall–Kier alpha value is -4.09. The maximum absolute atomic E-state index is 13.3. The Balaban J connectivity index is 1.22. The van der Waals surface area contributed by atoms with Crippen LogP contribution >= 0.6 is 34.4 Å². The van der Waals surface area contributed by atoms with E-state index in [2.05, 4.69) is 20.4 Å². The topological polar surface area (TPSA) is 204 Å². The van der Waals surface area contributed by atoms with Crippen molar-refractivity contribution in [1.82, 2.24) is 20.2 Å². The third-order valence-corrected chi connectivity index (χ3v) is 10.2. The van der Waals surface area contributed by atoms with Crippen LogP contribution in [0.15, 0.2) is 40.3 Å². The molecule has 2 aliphatic heterocycles. The van der Waals surface area contributed by atoms with Crippen LogP contribution in [0, 0.1) is 6.92 Å². The number of nitrogen functional groups attached to an aromatic ring is 1. The standard InChI is InChI=1S/C25H23N7O7S3/c1-11-27-13-8-31(6-3-15(13)42-11)7-12-9-40-21-17(20(34)32(21)18(12)22(35)36)29-19(33)16(14-10-41-24(26)28-14)30-39-25(23(37)38)4-2-5-25/h3,6,8,10,17,21H,2,4-5,7,9H2,1H3,(H4-,26,28,29,33,35,36,37,38)/b30-16-/t17?,21-/m1/s1. The normalized spacial score (nSPS) is 21.4. The molecule has 0 radical (unpaired) electrons. The molecule has 2 fully saturated rings. The van der Waals surface area contributed by atoms with E-state index < -0.39 is 40.8 Å². The number of anilines is 1. The number of amides is 2. The summed E-state index contributed by atoms with van der Waals surface area (Å²) in [5.41, 5.74) is 4.93. The molecule has 3 aromatic heterocycles. The largest absolute Gasteiger partial charge is 0.543 e. The number of hydrogen-bond donors (Lipinski definition) is 3. The molecule has 1 unspecified atom stereocenters. The molecule has 42 heavy (non-hydrogen) atoms. The number of aromatic nitrogens is 3. The molecule has 4 N–H and O–H groups in total. The van der Waals surface area contributed by atoms with E-state index in [1.165, 1.54) is 17.1 Å². The van der Waals surface area contributed by atoms with E-state index in [4.69, 9.17) is 10.6 Å². The number of thiazole rings is 2. The highest BCUT2D eigenvalue weighted by molar-refractivity contribution is 8.00. The zero-order valence-electron chi connectivity index (χ0n) is 21.9. The van der Waals surface area contributed by atoms with Gasteiger partial charge in [-0.15, -0.1) is 34.4 Å². The van der Waals surface area contributed by atoms with Crippen molar-refractivity contribution < 1.29 is 38.8 Å². The number of nitrogens with one attached hydrogen (secondary N) is 1. The summed E-state index contributed by atoms with van der Waals surface area (Å²) in [6, 6.07) is 0.833. The second-order valence-electron chi connectivity index (χ2n) is 9.96. The number of hydrogen-bond acceptors (Lipinski definition) is 13. The van der Waals surface area contributed by atoms with Crippen molar-refractivity contribution in [3.63, 3.8) is 0 Å². The van der Waals surface area contributed by atoms with Crippen LogP contribution in [0.4, 0.5) is 5.13 Å². The number of carbonyl (C=O) groups excluding carboxylic acids is 3. The molecule has 2 atom stereocenters. The first-order valence-corrected chi connectivity index (χ1v) is 15.5. The van der Waals surface area contributed by atoms with Crippen molar-refractivity contribution in [1.29, 1.82) is 0 Å². The van der Waals surface area contributed by atoms with Gasteiger partial charge in [0.15, 0.2) is 29.8 Å². The van der Waals surface area contributed by atoms with Gasteiger partial charge >= 0.3 is 5.97 Å². The first-order valence-electron chi connectivity index (χ1n) is 12.7. The predicted molar refractivity (Wildman–Crippen MR) is 150 cm³/mol. The summed E-state index contributed by atoms with van der Waals surface area (Å²) in [6.45, 7) is 2.12. The summed E-state index contributed by atoms with van der Waals surface area (Å²) in [5.74, 6) is -3.89. The minimum Gasteiger partial charge on any atom is -0.543 e. The van der Waals surface area contributed by atoms with Crippen molar-refractivity contribution in [3.05, 3.63) is 45.8 Å². The second kappa shape index (κ2) is 10.6. The van der Waals surface area contributed by atoms with Crippen LogP contribution in [0.2, 0.25) is 0 Å². The fourth-order valence-corrected chi connectivity index (χ4v) is 7.61. The Morgan fingerprint density at radius 2 is 2.14 bits per heavy atom. The molecule has 3 aliphatic rings. The number of aliphatic carboxylic acids is 2. The lowest BCUT2D eigenvalue weighted by molar-refractivity contribution is -0.687. The van der Waals surface area contributed by atoms with E-state index >= 15 is 0 Å². The quantitative estimate of drug-likeness (QED) is 0.122. The second-order valence-corrected chi connectivity index (χ2v) is 13.2. The molecule has 5 heterocycles. The number of carbonyl (C=O) groups is 4. The molecule has 14 nitrogen and oxygen atoms in total. The van der Waals surface area contributed by atoms with Gasteiger partial charge in [0.1, 0.15) is 22.6 Å². The number of oxime groups is 1. The Bertz CT molecular complexity index is 1710. The van der Waals surface area contributed by atoms with Gasteiger partial charge in [0, 0.05) is 35.6 Å². The Morgan fingerprint density at radius 3 is 2.79 bits per heavy atom. The third-order valence-electron chi connectivity index (χ3n) is 7.24. The van der Waals surface area contributed by atoms with Crippen LogP contribution < -0.4 is 20.7 Å². The number of β-lactam (4-membered cyclic amide) rings is 1. The van der Waals surface area contributed by atoms with E-state index in [1.807, 2.05) is 25.4 Å². The van der Waals surface area contributed by atoms with Crippen molar-refractivity contribution in [2.45, 2.75) is 49.7 Å². The molecule has 0 spiro atoms. The molecule has 1 saturated carbocycles. The minimum atomic E-state index is -1.54. The maximum atomic E-state index is 13.3. The van der Waals surface area contributed by atoms with Crippen LogP contribution in [-0.2, 0) is 30.6 Å². The average molecular weight is 630 g/mol. The molecular weight excluding hydrogens is 607 g/mol. The molecule has 17 heteroatoms. The zero-order valence-corrected chi connectivity index (χ0v) is 24.4. The van der Waals surface area contributed by atoms with Gasteiger partial charge < -0.3 is 30.9 Å². The van der Waals surface area contributed by atoms with Crippen LogP contribution in [0.1, 0.15) is 30.0 Å². The molecular formula is C25H23N7O7S3. The molecule has 218 valence electrons. The first-order chi connectivity index (χ1) is 20.1. The molecule has 1 saturated heterocycles. The summed E-state index contributed by atoms with van der Waals surface area (Å²) in [4.78, 5) is 65.5. The number of nitrogens with zero attached hydrogens (tertiary/aromatic N) is 5. The number of carboxylic acids is 2. The highest BCUT2D eigenvalue weighted by Gasteiger charge is 2.54. The summed E-state index contributed by atoms with van der Waals surface area (Å²) in [5, 5.41) is 30.0. The van der Waals surface area contributed by atoms with Crippen LogP contribution in [0.5, 0.6) is 0 Å². The lowest BCUT2D eigenvalue weighted by Crippen LogP contribution is -2.71. The maximum Gasteiger partial charge on any atom is 0.350 e. The van der Waals surface area contributed by atoms with Crippen molar-refractivity contribution >= 4 is 79.2 Å². The summed E-state index contributed by atoms with van der Waals surface area (Å²) in [7, 11) is 0. The first kappa shape index (κ1) is 28.0. The number of aryl methyl sites for hydroxylation is 1. The third kappa shape index (κ3) is 4.86. The summed E-state index contributed by atoms with van der Waals surface area (Å²) < 4.78 is 2.81. The minimum absolute atomic E-state index is 0.0525. The van der Waals surface area contributed by atoms with Crippen LogP contribution in [0.3, 0.4) is 0 Å². The lowest BCUT2D eigenvalue weighted by Gasteiger charge is -2.50. The molecule has 6 rings (SSSR count). The van der Waals surface area contributed by atoms with Crippen molar-refractivity contribution in [2.75, 3.05) is 11.5 Å². The highest BCUT2D eigenvalue weighted by atomic mass is 32.2. The van der Waals surface area contributed by atoms with Crippen molar-refractivity contribution in [2.24, 2.45) is 5.16 Å². The Morgan fingerprint density at radius 1 is 1.36 bits per heavy atom. The van der Waals surface area contributed by atoms with Gasteiger partial charge in [0.25, 0.3) is 11.8 Å². The molecule has 0 aromatic carbocycles. The fourth-order valence-electron chi connectivity index (χ4n) is 4.93. The lowest BCUT2D eigenvalue weighted by atomic mass is 9.80. The molecule has 2 amide bonds. The van der Waals surface area contributed by atoms with Gasteiger partial charge in [0.2, 0.25) is 5.60 Å². The van der Waals surface area contributed by atoms with E-state index in [0.717, 1.165) is 31.5 Å². The Labute approximate surface area is 249 Å². The smallest absolute Gasteiger partial charge is 0.350 e. The van der Waals surface area contributed by atoms with E-state index in [0.29, 0.717) is 12.0 Å². The van der Waals surface area contributed by atoms with Gasteiger partial charge in [-0.2, -0.15) is 4.57 Å². The summed E-state index contributed by atoms with van der Waals surface area (Å²) in [6.07, 6.45) is 4.73. The van der Waals surface area contributed by atoms with Gasteiger partial charge in [-0.3, -0.25) is 14.5 Å². The number of pyridine rings is 1. The van der Waals surface area contributed by atoms with Gasteiger partial charge in [-0.25, -0.2) is 14.8 Å². The number of fused-ring (bicyclic) bond motifs is 2. The molecule has 1 aliphatic carbocycles. The Kier molecular flexibility index (Phi) is 7.10. The van der Waals surface area contributed by atoms with E-state index in [1.54, 1.807) is 15.9 Å². The predicted octanol–water partition coefficient (Wildman–Crippen LogP) is -0.237. The number of nitrogens with two attached hydrogens (primary N) is 1. The molecule has 3 aromatic rings. The van der Waals surface area contributed by atoms with E-state index in [-0.39, 0.29) is 47.4 Å². The SMILES string of the molecule is Cc1nc2c[n+](CC3=C(C(=O)[O-])N4C(=O)C(NC(=O)/C(=N\OC5(C(=O)O)CCC5)c5csc(N)n5)[C@H]4SC3)ccc2s1. The van der Waals surface area contributed by atoms with Gasteiger partial charge in [0.05, 0.1) is 21.4 Å². The van der Waals surface area contributed by atoms with Gasteiger partial charge in [-0.1, -0.05) is 5.16 Å². The van der Waals surface area contributed by atoms with Gasteiger partial charge in [-0.05, 0) is 13.3 Å². The number of rotatable bonds is 9. The van der Waals surface area contributed by atoms with E-state index in [9.17, 15) is 29.4 Å². The van der Waals surface area contributed by atoms with Crippen LogP contribution in [0.25, 0.3) is 10.2 Å². The van der Waals surface area contributed by atoms with Crippen LogP contribution in [-0.4, -0.2) is 72.2 Å². The fraction of sp³-hybridized carbons (Fsp3) is 0.360. The monoisotopic (exact) mass is 629 g/mol. The summed E-state index contributed by atoms with van der Waals surface area (Å²) >= 11 is 3.90. The highest BCUT2D eigenvalue weighted by Crippen LogP contribution is 2.40. The number of carboxylic acid groups (broad SMARTS) is 2. The zero-order chi connectivity index (χ0) is 29.8. The molecule has 0 bridgehead atoms. The number of thioether (sulfide) groups is 1. The van der Waals surface area contributed by atoms with Crippen molar-refractivity contribution in [3.8, 4) is 0 Å².